The lowest BCUT2D eigenvalue weighted by Crippen LogP contribution is -2.43. The summed E-state index contributed by atoms with van der Waals surface area (Å²) >= 11 is 0. The first-order valence-corrected chi connectivity index (χ1v) is 12.6. The molecule has 0 atom stereocenters. The van der Waals surface area contributed by atoms with Crippen molar-refractivity contribution in [2.45, 2.75) is 89.6 Å². The van der Waals surface area contributed by atoms with E-state index >= 15 is 0 Å². The van der Waals surface area contributed by atoms with E-state index in [1.165, 1.54) is 102 Å². The molecule has 0 aliphatic heterocycles. The van der Waals surface area contributed by atoms with E-state index < -0.39 is 0 Å². The quantitative estimate of drug-likeness (QED) is 0.167. The summed E-state index contributed by atoms with van der Waals surface area (Å²) in [6.45, 7) is 4.60. The van der Waals surface area contributed by atoms with Gasteiger partial charge in [-0.2, -0.15) is 0 Å². The van der Waals surface area contributed by atoms with Crippen LogP contribution in [0.2, 0.25) is 6.04 Å². The third-order valence-electron chi connectivity index (χ3n) is 5.63. The molecule has 3 heteroatoms. The number of quaternary nitrogens is 1. The van der Waals surface area contributed by atoms with Gasteiger partial charge >= 0.3 is 0 Å². The second-order valence-corrected chi connectivity index (χ2v) is 9.55. The average molecular weight is 403 g/mol. The fraction of sp³-hybridized carbons (Fsp3) is 0.760. The predicted octanol–water partition coefficient (Wildman–Crippen LogP) is 6.12. The van der Waals surface area contributed by atoms with Gasteiger partial charge in [-0.1, -0.05) is 107 Å². The number of nitrogens with zero attached hydrogens (tertiary/aromatic N) is 1. The van der Waals surface area contributed by atoms with Crippen molar-refractivity contribution in [2.75, 3.05) is 33.7 Å². The van der Waals surface area contributed by atoms with Gasteiger partial charge in [0.05, 0.1) is 20.6 Å². The molecule has 1 aromatic carbocycles. The lowest BCUT2D eigenvalue weighted by atomic mass is 10.1. The van der Waals surface area contributed by atoms with Gasteiger partial charge in [-0.3, -0.25) is 0 Å². The Hall–Kier alpha value is -0.643. The normalized spacial score (nSPS) is 11.8. The predicted molar refractivity (Wildman–Crippen MR) is 126 cm³/mol. The standard InChI is InChI=1S/C25H46N2Si/c1-27(2,24-25-18-14-13-15-19-25)22-21-26-20-16-11-9-7-5-3-4-6-8-10-12-17-23-28/h13-15,18-19,26H,3-12,16-17,20-24H2,1-2H3/q+1. The number of unbranched alkanes of at least 4 members (excludes halogenated alkanes) is 11. The molecule has 159 valence electrons. The van der Waals surface area contributed by atoms with Gasteiger partial charge in [0.2, 0.25) is 0 Å². The number of likely N-dealkylation sites (N-methyl/N-ethyl adjacent to an activating group) is 1. The number of benzene rings is 1. The van der Waals surface area contributed by atoms with Crippen LogP contribution in [0.25, 0.3) is 0 Å². The van der Waals surface area contributed by atoms with Crippen LogP contribution in [-0.4, -0.2) is 48.5 Å². The average Bonchev–Trinajstić information content (AvgIpc) is 2.68. The molecule has 3 radical (unpaired) electrons. The molecule has 0 spiro atoms. The molecular formula is C25H46N2Si+. The Morgan fingerprint density at radius 3 is 1.71 bits per heavy atom. The van der Waals surface area contributed by atoms with Gasteiger partial charge in [0.25, 0.3) is 0 Å². The van der Waals surface area contributed by atoms with Crippen LogP contribution in [0, 0.1) is 0 Å². The zero-order valence-electron chi connectivity index (χ0n) is 18.9. The molecule has 1 N–H and O–H groups in total. The van der Waals surface area contributed by atoms with Gasteiger partial charge < -0.3 is 9.80 Å². The highest BCUT2D eigenvalue weighted by Crippen LogP contribution is 2.12. The van der Waals surface area contributed by atoms with Gasteiger partial charge in [-0.05, 0) is 13.0 Å². The molecule has 0 bridgehead atoms. The molecule has 0 aromatic heterocycles. The third-order valence-corrected chi connectivity index (χ3v) is 5.98. The summed E-state index contributed by atoms with van der Waals surface area (Å²) < 4.78 is 1.05. The minimum absolute atomic E-state index is 1.05. The monoisotopic (exact) mass is 402 g/mol. The molecule has 0 amide bonds. The maximum atomic E-state index is 3.65. The number of hydrogen-bond acceptors (Lipinski definition) is 1. The first-order chi connectivity index (χ1) is 13.6. The van der Waals surface area contributed by atoms with Gasteiger partial charge in [0, 0.05) is 22.4 Å². The Morgan fingerprint density at radius 1 is 0.679 bits per heavy atom. The summed E-state index contributed by atoms with van der Waals surface area (Å²) in [5.74, 6) is 0. The summed E-state index contributed by atoms with van der Waals surface area (Å²) in [5.41, 5.74) is 1.43. The molecule has 28 heavy (non-hydrogen) atoms. The van der Waals surface area contributed by atoms with Crippen LogP contribution in [-0.2, 0) is 6.54 Å². The van der Waals surface area contributed by atoms with Crippen LogP contribution < -0.4 is 5.32 Å². The smallest absolute Gasteiger partial charge is 0.104 e. The topological polar surface area (TPSA) is 12.0 Å². The molecule has 2 nitrogen and oxygen atoms in total. The van der Waals surface area contributed by atoms with Crippen molar-refractivity contribution >= 4 is 10.2 Å². The van der Waals surface area contributed by atoms with Crippen molar-refractivity contribution in [2.24, 2.45) is 0 Å². The first-order valence-electron chi connectivity index (χ1n) is 11.9. The van der Waals surface area contributed by atoms with E-state index in [-0.39, 0.29) is 0 Å². The van der Waals surface area contributed by atoms with Gasteiger partial charge in [-0.25, -0.2) is 0 Å². The fourth-order valence-electron chi connectivity index (χ4n) is 3.81. The van der Waals surface area contributed by atoms with Gasteiger partial charge in [0.1, 0.15) is 6.54 Å². The SMILES string of the molecule is C[N+](C)(CCNCCCCCCCCCCCCCC[Si])Cc1ccccc1. The minimum atomic E-state index is 1.05. The van der Waals surface area contributed by atoms with E-state index in [0.717, 1.165) is 17.6 Å². The Balaban J connectivity index is 1.83. The highest BCUT2D eigenvalue weighted by Gasteiger charge is 2.14. The zero-order valence-corrected chi connectivity index (χ0v) is 19.9. The highest BCUT2D eigenvalue weighted by atomic mass is 28.1. The lowest BCUT2D eigenvalue weighted by molar-refractivity contribution is -0.902. The summed E-state index contributed by atoms with van der Waals surface area (Å²) in [6.07, 6.45) is 17.0. The Labute approximate surface area is 179 Å². The van der Waals surface area contributed by atoms with Crippen molar-refractivity contribution in [3.8, 4) is 0 Å². The maximum Gasteiger partial charge on any atom is 0.104 e. The lowest BCUT2D eigenvalue weighted by Gasteiger charge is -2.30. The van der Waals surface area contributed by atoms with Crippen molar-refractivity contribution in [1.29, 1.82) is 0 Å². The largest absolute Gasteiger partial charge is 0.324 e. The molecule has 0 aliphatic carbocycles. The second kappa shape index (κ2) is 17.2. The van der Waals surface area contributed by atoms with E-state index in [9.17, 15) is 0 Å². The fourth-order valence-corrected chi connectivity index (χ4v) is 4.06. The van der Waals surface area contributed by atoms with Crippen molar-refractivity contribution in [1.82, 2.24) is 5.32 Å². The third kappa shape index (κ3) is 15.3. The van der Waals surface area contributed by atoms with E-state index in [2.05, 4.69) is 60.0 Å². The van der Waals surface area contributed by atoms with Crippen LogP contribution in [0.1, 0.15) is 82.6 Å². The highest BCUT2D eigenvalue weighted by molar-refractivity contribution is 6.08. The first kappa shape index (κ1) is 25.4. The van der Waals surface area contributed by atoms with Crippen LogP contribution in [0.15, 0.2) is 30.3 Å². The van der Waals surface area contributed by atoms with E-state index in [1.807, 2.05) is 0 Å². The van der Waals surface area contributed by atoms with E-state index in [1.54, 1.807) is 0 Å². The van der Waals surface area contributed by atoms with Crippen molar-refractivity contribution < 1.29 is 4.48 Å². The molecule has 0 heterocycles. The van der Waals surface area contributed by atoms with Crippen LogP contribution >= 0.6 is 0 Å². The maximum absolute atomic E-state index is 3.65. The van der Waals surface area contributed by atoms with E-state index in [0.29, 0.717) is 0 Å². The minimum Gasteiger partial charge on any atom is -0.324 e. The van der Waals surface area contributed by atoms with Crippen molar-refractivity contribution in [3.63, 3.8) is 0 Å². The summed E-state index contributed by atoms with van der Waals surface area (Å²) in [7, 11) is 8.21. The molecule has 0 unspecified atom stereocenters. The molecular weight excluding hydrogens is 356 g/mol. The molecule has 0 fully saturated rings. The number of nitrogens with one attached hydrogen (secondary N) is 1. The molecule has 0 saturated heterocycles. The van der Waals surface area contributed by atoms with Crippen LogP contribution in [0.3, 0.4) is 0 Å². The number of hydrogen-bond donors (Lipinski definition) is 1. The molecule has 1 aromatic rings. The Morgan fingerprint density at radius 2 is 1.18 bits per heavy atom. The summed E-state index contributed by atoms with van der Waals surface area (Å²) in [6, 6.07) is 12.0. The van der Waals surface area contributed by atoms with E-state index in [4.69, 9.17) is 0 Å². The molecule has 0 saturated carbocycles. The molecule has 1 rings (SSSR count). The zero-order chi connectivity index (χ0) is 20.3. The number of rotatable bonds is 19. The Kier molecular flexibility index (Phi) is 15.6. The van der Waals surface area contributed by atoms with Gasteiger partial charge in [0.15, 0.2) is 0 Å². The molecule has 0 aliphatic rings. The van der Waals surface area contributed by atoms with Crippen LogP contribution in [0.4, 0.5) is 0 Å². The summed E-state index contributed by atoms with van der Waals surface area (Å²) in [5, 5.41) is 3.65. The second-order valence-electron chi connectivity index (χ2n) is 9.05. The van der Waals surface area contributed by atoms with Gasteiger partial charge in [-0.15, -0.1) is 0 Å². The van der Waals surface area contributed by atoms with Crippen LogP contribution in [0.5, 0.6) is 0 Å². The van der Waals surface area contributed by atoms with Crippen molar-refractivity contribution in [3.05, 3.63) is 35.9 Å². The summed E-state index contributed by atoms with van der Waals surface area (Å²) in [4.78, 5) is 0. The Bertz CT molecular complexity index is 447.